The van der Waals surface area contributed by atoms with Crippen LogP contribution in [0.2, 0.25) is 0 Å². The predicted octanol–water partition coefficient (Wildman–Crippen LogP) is 1.63. The molecule has 22 heavy (non-hydrogen) atoms. The molecule has 0 saturated carbocycles. The lowest BCUT2D eigenvalue weighted by atomic mass is 10.1. The molecule has 1 aromatic rings. The number of nitrogens with zero attached hydrogens (tertiary/aromatic N) is 1. The number of amides is 1. The molecule has 0 spiro atoms. The topological polar surface area (TPSA) is 63.7 Å². The summed E-state index contributed by atoms with van der Waals surface area (Å²) in [5, 5.41) is -1.03. The highest BCUT2D eigenvalue weighted by Crippen LogP contribution is 2.17. The lowest BCUT2D eigenvalue weighted by Crippen LogP contribution is -2.44. The van der Waals surface area contributed by atoms with Gasteiger partial charge in [-0.15, -0.1) is 0 Å². The van der Waals surface area contributed by atoms with E-state index in [9.17, 15) is 13.2 Å². The van der Waals surface area contributed by atoms with E-state index in [4.69, 9.17) is 4.74 Å². The van der Waals surface area contributed by atoms with Gasteiger partial charge in [0.2, 0.25) is 5.91 Å². The van der Waals surface area contributed by atoms with E-state index in [-0.39, 0.29) is 12.0 Å². The molecule has 1 fully saturated rings. The van der Waals surface area contributed by atoms with Crippen molar-refractivity contribution in [1.29, 1.82) is 0 Å². The van der Waals surface area contributed by atoms with Crippen LogP contribution in [0.3, 0.4) is 0 Å². The number of ether oxygens (including phenoxy) is 1. The molecule has 0 radical (unpaired) electrons. The summed E-state index contributed by atoms with van der Waals surface area (Å²) < 4.78 is 29.0. The second kappa shape index (κ2) is 7.24. The Morgan fingerprint density at radius 1 is 1.36 bits per heavy atom. The Hall–Kier alpha value is -1.40. The van der Waals surface area contributed by atoms with Gasteiger partial charge in [0.1, 0.15) is 5.25 Å². The highest BCUT2D eigenvalue weighted by Gasteiger charge is 2.30. The molecule has 6 heteroatoms. The van der Waals surface area contributed by atoms with Crippen LogP contribution in [0.15, 0.2) is 30.3 Å². The maximum Gasteiger partial charge on any atom is 0.240 e. The van der Waals surface area contributed by atoms with Gasteiger partial charge < -0.3 is 9.64 Å². The summed E-state index contributed by atoms with van der Waals surface area (Å²) in [6.07, 6.45) is 2.99. The van der Waals surface area contributed by atoms with Crippen molar-refractivity contribution >= 4 is 15.7 Å². The first-order valence-electron chi connectivity index (χ1n) is 7.51. The SMILES string of the molecule is C[C@H](C(=O)N(Cc1ccccc1)C[C@H]1CCCO1)S(C)(=O)=O. The summed E-state index contributed by atoms with van der Waals surface area (Å²) in [7, 11) is -3.40. The van der Waals surface area contributed by atoms with Gasteiger partial charge in [-0.1, -0.05) is 30.3 Å². The number of hydrogen-bond acceptors (Lipinski definition) is 4. The number of hydrogen-bond donors (Lipinski definition) is 0. The van der Waals surface area contributed by atoms with Gasteiger partial charge in [-0.2, -0.15) is 0 Å². The molecular weight excluding hydrogens is 302 g/mol. The largest absolute Gasteiger partial charge is 0.376 e. The van der Waals surface area contributed by atoms with Crippen molar-refractivity contribution in [2.45, 2.75) is 37.7 Å². The third kappa shape index (κ3) is 4.55. The predicted molar refractivity (Wildman–Crippen MR) is 85.1 cm³/mol. The monoisotopic (exact) mass is 325 g/mol. The maximum absolute atomic E-state index is 12.6. The normalized spacial score (nSPS) is 19.8. The van der Waals surface area contributed by atoms with Gasteiger partial charge in [-0.25, -0.2) is 8.42 Å². The molecule has 1 saturated heterocycles. The van der Waals surface area contributed by atoms with Gasteiger partial charge in [0.05, 0.1) is 6.10 Å². The number of carbonyl (C=O) groups excluding carboxylic acids is 1. The minimum atomic E-state index is -3.40. The Morgan fingerprint density at radius 3 is 2.59 bits per heavy atom. The summed E-state index contributed by atoms with van der Waals surface area (Å²) in [5.41, 5.74) is 0.981. The molecule has 0 bridgehead atoms. The Kier molecular flexibility index (Phi) is 5.58. The van der Waals surface area contributed by atoms with Crippen molar-refractivity contribution < 1.29 is 17.9 Å². The van der Waals surface area contributed by atoms with E-state index in [1.165, 1.54) is 6.92 Å². The molecule has 0 unspecified atom stereocenters. The highest BCUT2D eigenvalue weighted by atomic mass is 32.2. The zero-order valence-corrected chi connectivity index (χ0v) is 13.9. The summed E-state index contributed by atoms with van der Waals surface area (Å²) in [6, 6.07) is 9.59. The molecule has 122 valence electrons. The van der Waals surface area contributed by atoms with Gasteiger partial charge >= 0.3 is 0 Å². The molecule has 1 heterocycles. The minimum absolute atomic E-state index is 0.000535. The first-order chi connectivity index (χ1) is 10.4. The fourth-order valence-electron chi connectivity index (χ4n) is 2.51. The molecule has 1 amide bonds. The summed E-state index contributed by atoms with van der Waals surface area (Å²) >= 11 is 0. The average Bonchev–Trinajstić information content (AvgIpc) is 2.98. The molecule has 2 rings (SSSR count). The van der Waals surface area contributed by atoms with E-state index in [0.717, 1.165) is 24.7 Å². The highest BCUT2D eigenvalue weighted by molar-refractivity contribution is 7.92. The van der Waals surface area contributed by atoms with Crippen LogP contribution in [0.5, 0.6) is 0 Å². The first-order valence-corrected chi connectivity index (χ1v) is 9.46. The van der Waals surface area contributed by atoms with E-state index < -0.39 is 15.1 Å². The third-order valence-corrected chi connectivity index (χ3v) is 5.45. The second-order valence-corrected chi connectivity index (χ2v) is 8.18. The number of carbonyl (C=O) groups is 1. The summed E-state index contributed by atoms with van der Waals surface area (Å²) in [4.78, 5) is 14.2. The van der Waals surface area contributed by atoms with Crippen LogP contribution in [-0.4, -0.2) is 50.0 Å². The third-order valence-electron chi connectivity index (χ3n) is 3.97. The first kappa shape index (κ1) is 17.0. The van der Waals surface area contributed by atoms with Gasteiger partial charge in [0.25, 0.3) is 0 Å². The molecule has 0 N–H and O–H groups in total. The Balaban J connectivity index is 2.14. The van der Waals surface area contributed by atoms with Crippen molar-refractivity contribution in [1.82, 2.24) is 4.90 Å². The maximum atomic E-state index is 12.6. The van der Waals surface area contributed by atoms with Crippen molar-refractivity contribution in [2.24, 2.45) is 0 Å². The lowest BCUT2D eigenvalue weighted by molar-refractivity contribution is -0.132. The van der Waals surface area contributed by atoms with E-state index in [0.29, 0.717) is 19.7 Å². The summed E-state index contributed by atoms with van der Waals surface area (Å²) in [6.45, 7) is 3.00. The fraction of sp³-hybridized carbons (Fsp3) is 0.562. The quantitative estimate of drug-likeness (QED) is 0.797. The number of benzene rings is 1. The zero-order valence-electron chi connectivity index (χ0n) is 13.1. The minimum Gasteiger partial charge on any atom is -0.376 e. The average molecular weight is 325 g/mol. The Morgan fingerprint density at radius 2 is 2.05 bits per heavy atom. The lowest BCUT2D eigenvalue weighted by Gasteiger charge is -2.27. The van der Waals surface area contributed by atoms with Gasteiger partial charge in [0, 0.05) is 26.0 Å². The molecule has 1 aliphatic heterocycles. The van der Waals surface area contributed by atoms with Crippen LogP contribution in [0.25, 0.3) is 0 Å². The molecule has 5 nitrogen and oxygen atoms in total. The van der Waals surface area contributed by atoms with Crippen LogP contribution >= 0.6 is 0 Å². The van der Waals surface area contributed by atoms with Crippen LogP contribution < -0.4 is 0 Å². The summed E-state index contributed by atoms with van der Waals surface area (Å²) in [5.74, 6) is -0.359. The van der Waals surface area contributed by atoms with E-state index in [1.807, 2.05) is 30.3 Å². The zero-order chi connectivity index (χ0) is 16.2. The Labute approximate surface area is 132 Å². The van der Waals surface area contributed by atoms with Gasteiger partial charge in [-0.3, -0.25) is 4.79 Å². The van der Waals surface area contributed by atoms with E-state index in [1.54, 1.807) is 4.90 Å². The van der Waals surface area contributed by atoms with Crippen molar-refractivity contribution in [3.63, 3.8) is 0 Å². The number of rotatable bonds is 6. The second-order valence-electron chi connectivity index (χ2n) is 5.81. The molecule has 1 aliphatic rings. The van der Waals surface area contributed by atoms with Crippen LogP contribution in [0.1, 0.15) is 25.3 Å². The molecule has 1 aromatic carbocycles. The van der Waals surface area contributed by atoms with Crippen LogP contribution in [0, 0.1) is 0 Å². The molecule has 2 atom stereocenters. The fourth-order valence-corrected chi connectivity index (χ4v) is 3.03. The van der Waals surface area contributed by atoms with Crippen LogP contribution in [0.4, 0.5) is 0 Å². The molecule has 0 aliphatic carbocycles. The van der Waals surface area contributed by atoms with Crippen LogP contribution in [-0.2, 0) is 25.9 Å². The van der Waals surface area contributed by atoms with Crippen molar-refractivity contribution in [3.8, 4) is 0 Å². The van der Waals surface area contributed by atoms with Crippen molar-refractivity contribution in [3.05, 3.63) is 35.9 Å². The standard InChI is InChI=1S/C16H23NO4S/c1-13(22(2,19)20)16(18)17(12-15-9-6-10-21-15)11-14-7-4-3-5-8-14/h3-5,7-8,13,15H,6,9-12H2,1-2H3/t13-,15-/m1/s1. The van der Waals surface area contributed by atoms with Crippen molar-refractivity contribution in [2.75, 3.05) is 19.4 Å². The Bertz CT molecular complexity index is 594. The van der Waals surface area contributed by atoms with Gasteiger partial charge in [-0.05, 0) is 25.3 Å². The molecule has 0 aromatic heterocycles. The van der Waals surface area contributed by atoms with E-state index >= 15 is 0 Å². The van der Waals surface area contributed by atoms with E-state index in [2.05, 4.69) is 0 Å². The number of sulfone groups is 1. The molecular formula is C16H23NO4S. The smallest absolute Gasteiger partial charge is 0.240 e. The van der Waals surface area contributed by atoms with Gasteiger partial charge in [0.15, 0.2) is 9.84 Å².